The molecule has 1 fully saturated rings. The number of aromatic nitrogens is 2. The molecule has 0 saturated carbocycles. The second-order valence-corrected chi connectivity index (χ2v) is 5.15. The summed E-state index contributed by atoms with van der Waals surface area (Å²) in [5.41, 5.74) is 0. The van der Waals surface area contributed by atoms with Crippen molar-refractivity contribution in [1.29, 1.82) is 0 Å². The summed E-state index contributed by atoms with van der Waals surface area (Å²) < 4.78 is 7.72. The zero-order chi connectivity index (χ0) is 13.1. The maximum Gasteiger partial charge on any atom is 0.165 e. The van der Waals surface area contributed by atoms with Crippen LogP contribution in [0.25, 0.3) is 0 Å². The van der Waals surface area contributed by atoms with Crippen LogP contribution in [0.4, 0.5) is 0 Å². The van der Waals surface area contributed by atoms with E-state index >= 15 is 0 Å². The topological polar surface area (TPSA) is 39.1 Å². The van der Waals surface area contributed by atoms with Gasteiger partial charge in [-0.15, -0.1) is 0 Å². The highest BCUT2D eigenvalue weighted by Crippen LogP contribution is 2.25. The first kappa shape index (κ1) is 12.5. The van der Waals surface area contributed by atoms with Gasteiger partial charge in [-0.2, -0.15) is 5.10 Å². The molecule has 1 saturated heterocycles. The van der Waals surface area contributed by atoms with Crippen molar-refractivity contribution in [1.82, 2.24) is 15.1 Å². The van der Waals surface area contributed by atoms with Crippen molar-refractivity contribution in [3.8, 4) is 11.5 Å². The molecule has 0 amide bonds. The molecule has 3 rings (SSSR count). The normalized spacial score (nSPS) is 19.3. The first-order valence-corrected chi connectivity index (χ1v) is 6.87. The van der Waals surface area contributed by atoms with E-state index in [4.69, 9.17) is 16.3 Å². The average Bonchev–Trinajstić information content (AvgIpc) is 2.88. The van der Waals surface area contributed by atoms with Crippen molar-refractivity contribution in [2.24, 2.45) is 0 Å². The number of rotatable bonds is 3. The monoisotopic (exact) mass is 277 g/mol. The summed E-state index contributed by atoms with van der Waals surface area (Å²) in [6.45, 7) is 2.07. The highest BCUT2D eigenvalue weighted by molar-refractivity contribution is 6.30. The van der Waals surface area contributed by atoms with Gasteiger partial charge in [-0.1, -0.05) is 17.7 Å². The van der Waals surface area contributed by atoms with Gasteiger partial charge >= 0.3 is 0 Å². The van der Waals surface area contributed by atoms with Crippen LogP contribution in [-0.2, 0) is 0 Å². The Labute approximate surface area is 117 Å². The van der Waals surface area contributed by atoms with Crippen molar-refractivity contribution in [2.45, 2.75) is 18.9 Å². The first-order chi connectivity index (χ1) is 9.31. The van der Waals surface area contributed by atoms with Crippen LogP contribution in [0.15, 0.2) is 36.7 Å². The van der Waals surface area contributed by atoms with E-state index in [9.17, 15) is 0 Å². The fourth-order valence-corrected chi connectivity index (χ4v) is 2.48. The molecule has 1 aromatic carbocycles. The lowest BCUT2D eigenvalue weighted by molar-refractivity contribution is 0.345. The minimum atomic E-state index is 0.422. The summed E-state index contributed by atoms with van der Waals surface area (Å²) in [7, 11) is 0. The van der Waals surface area contributed by atoms with E-state index in [0.29, 0.717) is 11.1 Å². The number of hydrogen-bond acceptors (Lipinski definition) is 3. The van der Waals surface area contributed by atoms with Gasteiger partial charge in [-0.25, -0.2) is 0 Å². The van der Waals surface area contributed by atoms with Crippen LogP contribution in [0.2, 0.25) is 5.02 Å². The summed E-state index contributed by atoms with van der Waals surface area (Å²) in [4.78, 5) is 0. The molecule has 1 N–H and O–H groups in total. The van der Waals surface area contributed by atoms with Gasteiger partial charge in [0.15, 0.2) is 5.75 Å². The standard InChI is InChI=1S/C14H16ClN3O/c15-11-3-1-5-13(7-11)19-14-9-17-18(10-14)12-4-2-6-16-8-12/h1,3,5,7,9-10,12,16H,2,4,6,8H2. The Bertz CT molecular complexity index is 549. The smallest absolute Gasteiger partial charge is 0.165 e. The third kappa shape index (κ3) is 3.08. The molecule has 0 aliphatic carbocycles. The van der Waals surface area contributed by atoms with E-state index in [1.807, 2.05) is 29.1 Å². The SMILES string of the molecule is Clc1cccc(Oc2cnn(C3CCCNC3)c2)c1. The number of nitrogens with one attached hydrogen (secondary N) is 1. The minimum absolute atomic E-state index is 0.422. The molecule has 1 aromatic heterocycles. The summed E-state index contributed by atoms with van der Waals surface area (Å²) >= 11 is 5.93. The number of ether oxygens (including phenoxy) is 1. The van der Waals surface area contributed by atoms with Crippen LogP contribution >= 0.6 is 11.6 Å². The van der Waals surface area contributed by atoms with Gasteiger partial charge in [0.2, 0.25) is 0 Å². The van der Waals surface area contributed by atoms with Gasteiger partial charge < -0.3 is 10.1 Å². The molecular weight excluding hydrogens is 262 g/mol. The molecule has 0 spiro atoms. The lowest BCUT2D eigenvalue weighted by Gasteiger charge is -2.22. The lowest BCUT2D eigenvalue weighted by Crippen LogP contribution is -2.31. The third-order valence-electron chi connectivity index (χ3n) is 3.25. The Kier molecular flexibility index (Phi) is 3.71. The highest BCUT2D eigenvalue weighted by Gasteiger charge is 2.16. The Hall–Kier alpha value is -1.52. The number of benzene rings is 1. The van der Waals surface area contributed by atoms with Crippen molar-refractivity contribution in [2.75, 3.05) is 13.1 Å². The highest BCUT2D eigenvalue weighted by atomic mass is 35.5. The number of piperidine rings is 1. The summed E-state index contributed by atoms with van der Waals surface area (Å²) in [6.07, 6.45) is 6.04. The Morgan fingerprint density at radius 2 is 2.32 bits per heavy atom. The van der Waals surface area contributed by atoms with Gasteiger partial charge in [-0.3, -0.25) is 4.68 Å². The van der Waals surface area contributed by atoms with E-state index in [-0.39, 0.29) is 0 Å². The van der Waals surface area contributed by atoms with Crippen molar-refractivity contribution >= 4 is 11.6 Å². The lowest BCUT2D eigenvalue weighted by atomic mass is 10.1. The van der Waals surface area contributed by atoms with E-state index in [0.717, 1.165) is 31.0 Å². The van der Waals surface area contributed by atoms with Crippen LogP contribution in [0.5, 0.6) is 11.5 Å². The van der Waals surface area contributed by atoms with E-state index in [1.54, 1.807) is 12.3 Å². The number of halogens is 1. The molecule has 2 heterocycles. The molecular formula is C14H16ClN3O. The molecule has 0 bridgehead atoms. The van der Waals surface area contributed by atoms with Crippen molar-refractivity contribution in [3.63, 3.8) is 0 Å². The minimum Gasteiger partial charge on any atom is -0.454 e. The van der Waals surface area contributed by atoms with Crippen LogP contribution in [0, 0.1) is 0 Å². The zero-order valence-electron chi connectivity index (χ0n) is 10.6. The Morgan fingerprint density at radius 1 is 1.37 bits per heavy atom. The second-order valence-electron chi connectivity index (χ2n) is 4.72. The molecule has 2 aromatic rings. The first-order valence-electron chi connectivity index (χ1n) is 6.49. The van der Waals surface area contributed by atoms with Crippen molar-refractivity contribution in [3.05, 3.63) is 41.7 Å². The molecule has 1 atom stereocenters. The molecule has 5 heteroatoms. The molecule has 1 unspecified atom stereocenters. The van der Waals surface area contributed by atoms with Crippen LogP contribution < -0.4 is 10.1 Å². The van der Waals surface area contributed by atoms with Crippen molar-refractivity contribution < 1.29 is 4.74 Å². The third-order valence-corrected chi connectivity index (χ3v) is 3.49. The van der Waals surface area contributed by atoms with Crippen LogP contribution in [0.1, 0.15) is 18.9 Å². The average molecular weight is 278 g/mol. The van der Waals surface area contributed by atoms with E-state index in [2.05, 4.69) is 10.4 Å². The summed E-state index contributed by atoms with van der Waals surface area (Å²) in [5.74, 6) is 1.47. The van der Waals surface area contributed by atoms with Crippen LogP contribution in [0.3, 0.4) is 0 Å². The fourth-order valence-electron chi connectivity index (χ4n) is 2.30. The zero-order valence-corrected chi connectivity index (χ0v) is 11.3. The van der Waals surface area contributed by atoms with E-state index < -0.39 is 0 Å². The van der Waals surface area contributed by atoms with Gasteiger partial charge in [0.25, 0.3) is 0 Å². The van der Waals surface area contributed by atoms with Gasteiger partial charge in [0.05, 0.1) is 18.4 Å². The second kappa shape index (κ2) is 5.63. The largest absolute Gasteiger partial charge is 0.454 e. The maximum atomic E-state index is 5.93. The van der Waals surface area contributed by atoms with Gasteiger partial charge in [-0.05, 0) is 37.6 Å². The maximum absolute atomic E-state index is 5.93. The fraction of sp³-hybridized carbons (Fsp3) is 0.357. The molecule has 0 radical (unpaired) electrons. The Morgan fingerprint density at radius 3 is 3.11 bits per heavy atom. The summed E-state index contributed by atoms with van der Waals surface area (Å²) in [6, 6.07) is 7.79. The number of nitrogens with zero attached hydrogens (tertiary/aromatic N) is 2. The number of hydrogen-bond donors (Lipinski definition) is 1. The predicted octanol–water partition coefficient (Wildman–Crippen LogP) is 3.25. The Balaban J connectivity index is 1.70. The van der Waals surface area contributed by atoms with Crippen LogP contribution in [-0.4, -0.2) is 22.9 Å². The predicted molar refractivity (Wildman–Crippen MR) is 74.9 cm³/mol. The molecule has 1 aliphatic heterocycles. The molecule has 1 aliphatic rings. The summed E-state index contributed by atoms with van der Waals surface area (Å²) in [5, 5.41) is 8.43. The molecule has 100 valence electrons. The van der Waals surface area contributed by atoms with Gasteiger partial charge in [0.1, 0.15) is 5.75 Å². The quantitative estimate of drug-likeness (QED) is 0.936. The van der Waals surface area contributed by atoms with Gasteiger partial charge in [0, 0.05) is 11.6 Å². The molecule has 19 heavy (non-hydrogen) atoms. The molecule has 4 nitrogen and oxygen atoms in total. The van der Waals surface area contributed by atoms with E-state index in [1.165, 1.54) is 6.42 Å².